The monoisotopic (exact) mass is 375 g/mol. The molecule has 4 aromatic rings. The van der Waals surface area contributed by atoms with Crippen molar-refractivity contribution in [2.24, 2.45) is 0 Å². The van der Waals surface area contributed by atoms with Crippen molar-refractivity contribution in [1.29, 1.82) is 0 Å². The molecule has 0 unspecified atom stereocenters. The van der Waals surface area contributed by atoms with Crippen LogP contribution in [0.25, 0.3) is 11.1 Å². The number of aryl methyl sites for hydroxylation is 1. The second kappa shape index (κ2) is 7.09. The van der Waals surface area contributed by atoms with Crippen LogP contribution in [0.1, 0.15) is 23.0 Å². The lowest BCUT2D eigenvalue weighted by molar-refractivity contribution is 0.0877. The number of aromatic nitrogens is 4. The molecule has 0 aliphatic carbocycles. The molecule has 1 fully saturated rings. The molecule has 1 aliphatic heterocycles. The number of oxazole rings is 1. The Morgan fingerprint density at radius 3 is 2.93 bits per heavy atom. The summed E-state index contributed by atoms with van der Waals surface area (Å²) in [6.45, 7) is 4.55. The van der Waals surface area contributed by atoms with Gasteiger partial charge in [0, 0.05) is 6.54 Å². The van der Waals surface area contributed by atoms with Crippen LogP contribution in [0.4, 0.5) is 6.01 Å². The lowest BCUT2D eigenvalue weighted by Gasteiger charge is -2.33. The summed E-state index contributed by atoms with van der Waals surface area (Å²) in [7, 11) is 0. The van der Waals surface area contributed by atoms with Gasteiger partial charge in [0.2, 0.25) is 0 Å². The number of ether oxygens (including phenoxy) is 1. The summed E-state index contributed by atoms with van der Waals surface area (Å²) in [4.78, 5) is 11.4. The van der Waals surface area contributed by atoms with E-state index in [9.17, 15) is 0 Å². The highest BCUT2D eigenvalue weighted by molar-refractivity contribution is 5.75. The number of morpholine rings is 1. The second-order valence-electron chi connectivity index (χ2n) is 7.01. The van der Waals surface area contributed by atoms with Crippen LogP contribution in [0.2, 0.25) is 0 Å². The Labute approximate surface area is 162 Å². The van der Waals surface area contributed by atoms with Gasteiger partial charge in [0.25, 0.3) is 6.01 Å². The van der Waals surface area contributed by atoms with Crippen LogP contribution in [0.3, 0.4) is 0 Å². The molecule has 2 aromatic carbocycles. The zero-order valence-corrected chi connectivity index (χ0v) is 15.7. The lowest BCUT2D eigenvalue weighted by Crippen LogP contribution is -2.41. The van der Waals surface area contributed by atoms with Gasteiger partial charge in [-0.25, -0.2) is 9.67 Å². The third-order valence-electron chi connectivity index (χ3n) is 5.02. The average Bonchev–Trinajstić information content (AvgIpc) is 3.35. The van der Waals surface area contributed by atoms with Gasteiger partial charge in [-0.05, 0) is 30.2 Å². The fourth-order valence-corrected chi connectivity index (χ4v) is 3.60. The van der Waals surface area contributed by atoms with Crippen LogP contribution in [0, 0.1) is 6.92 Å². The number of rotatable bonds is 4. The molecular formula is C21H21N5O2. The summed E-state index contributed by atoms with van der Waals surface area (Å²) in [5.74, 6) is 0.849. The molecule has 0 radical (unpaired) electrons. The molecule has 7 nitrogen and oxygen atoms in total. The second-order valence-corrected chi connectivity index (χ2v) is 7.01. The first kappa shape index (κ1) is 16.9. The fraction of sp³-hybridized carbons (Fsp3) is 0.286. The van der Waals surface area contributed by atoms with Gasteiger partial charge in [-0.2, -0.15) is 10.1 Å². The Balaban J connectivity index is 1.49. The van der Waals surface area contributed by atoms with Crippen LogP contribution in [0.15, 0.2) is 59.3 Å². The van der Waals surface area contributed by atoms with Crippen molar-refractivity contribution >= 4 is 17.1 Å². The molecule has 1 atom stereocenters. The van der Waals surface area contributed by atoms with E-state index in [1.807, 2.05) is 41.1 Å². The number of benzene rings is 2. The summed E-state index contributed by atoms with van der Waals surface area (Å²) >= 11 is 0. The standard InChI is InChI=1S/C21H21N5O2/c1-15-7-8-19-17(11-15)24-21(28-19)25-9-10-27-13-18(25)20-22-14-23-26(20)12-16-5-3-2-4-6-16/h2-8,11,14,18H,9-10,12-13H2,1H3/t18-/m1/s1. The molecule has 1 saturated heterocycles. The van der Waals surface area contributed by atoms with Gasteiger partial charge in [-0.15, -0.1) is 0 Å². The first-order valence-electron chi connectivity index (χ1n) is 9.41. The van der Waals surface area contributed by atoms with Crippen molar-refractivity contribution in [3.05, 3.63) is 71.8 Å². The Bertz CT molecular complexity index is 1090. The normalized spacial score (nSPS) is 17.3. The van der Waals surface area contributed by atoms with Gasteiger partial charge in [0.1, 0.15) is 17.9 Å². The molecule has 28 heavy (non-hydrogen) atoms. The maximum atomic E-state index is 6.05. The Morgan fingerprint density at radius 1 is 1.14 bits per heavy atom. The van der Waals surface area contributed by atoms with Crippen molar-refractivity contribution in [3.8, 4) is 0 Å². The number of hydrogen-bond donors (Lipinski definition) is 0. The van der Waals surface area contributed by atoms with E-state index in [1.165, 1.54) is 5.56 Å². The summed E-state index contributed by atoms with van der Waals surface area (Å²) < 4.78 is 13.7. The van der Waals surface area contributed by atoms with E-state index in [1.54, 1.807) is 6.33 Å². The lowest BCUT2D eigenvalue weighted by atomic mass is 10.2. The first-order chi connectivity index (χ1) is 13.8. The number of fused-ring (bicyclic) bond motifs is 1. The molecule has 3 heterocycles. The molecule has 1 aliphatic rings. The summed E-state index contributed by atoms with van der Waals surface area (Å²) in [6, 6.07) is 16.8. The number of nitrogens with zero attached hydrogens (tertiary/aromatic N) is 5. The van der Waals surface area contributed by atoms with Crippen molar-refractivity contribution in [2.45, 2.75) is 19.5 Å². The Kier molecular flexibility index (Phi) is 4.29. The molecule has 2 aromatic heterocycles. The molecule has 0 spiro atoms. The summed E-state index contributed by atoms with van der Waals surface area (Å²) in [5, 5.41) is 4.44. The minimum atomic E-state index is -0.103. The van der Waals surface area contributed by atoms with Gasteiger partial charge >= 0.3 is 0 Å². The fourth-order valence-electron chi connectivity index (χ4n) is 3.60. The minimum absolute atomic E-state index is 0.103. The van der Waals surface area contributed by atoms with Crippen molar-refractivity contribution in [1.82, 2.24) is 19.7 Å². The molecule has 142 valence electrons. The highest BCUT2D eigenvalue weighted by Gasteiger charge is 2.32. The van der Waals surface area contributed by atoms with E-state index in [0.717, 1.165) is 22.5 Å². The van der Waals surface area contributed by atoms with Crippen LogP contribution < -0.4 is 4.90 Å². The van der Waals surface area contributed by atoms with Crippen LogP contribution in [-0.2, 0) is 11.3 Å². The van der Waals surface area contributed by atoms with E-state index in [-0.39, 0.29) is 6.04 Å². The Hall–Kier alpha value is -3.19. The molecule has 0 bridgehead atoms. The number of anilines is 1. The maximum Gasteiger partial charge on any atom is 0.299 e. The van der Waals surface area contributed by atoms with Crippen LogP contribution >= 0.6 is 0 Å². The SMILES string of the molecule is Cc1ccc2oc(N3CCOC[C@@H]3c3ncnn3Cc3ccccc3)nc2c1. The summed E-state index contributed by atoms with van der Waals surface area (Å²) in [6.07, 6.45) is 1.60. The quantitative estimate of drug-likeness (QED) is 0.545. The van der Waals surface area contributed by atoms with E-state index in [2.05, 4.69) is 34.0 Å². The van der Waals surface area contributed by atoms with Crippen LogP contribution in [0.5, 0.6) is 0 Å². The largest absolute Gasteiger partial charge is 0.423 e. The molecular weight excluding hydrogens is 354 g/mol. The zero-order valence-electron chi connectivity index (χ0n) is 15.7. The predicted octanol–water partition coefficient (Wildman–Crippen LogP) is 3.35. The van der Waals surface area contributed by atoms with Crippen LogP contribution in [-0.4, -0.2) is 39.5 Å². The van der Waals surface area contributed by atoms with E-state index in [0.29, 0.717) is 32.3 Å². The topological polar surface area (TPSA) is 69.2 Å². The molecule has 0 amide bonds. The predicted molar refractivity (Wildman–Crippen MR) is 105 cm³/mol. The van der Waals surface area contributed by atoms with Crippen molar-refractivity contribution in [2.75, 3.05) is 24.7 Å². The van der Waals surface area contributed by atoms with Gasteiger partial charge in [0.05, 0.1) is 19.8 Å². The smallest absolute Gasteiger partial charge is 0.299 e. The summed E-state index contributed by atoms with van der Waals surface area (Å²) in [5.41, 5.74) is 3.99. The van der Waals surface area contributed by atoms with E-state index in [4.69, 9.17) is 14.1 Å². The van der Waals surface area contributed by atoms with E-state index >= 15 is 0 Å². The van der Waals surface area contributed by atoms with Crippen molar-refractivity contribution < 1.29 is 9.15 Å². The third kappa shape index (κ3) is 3.14. The van der Waals surface area contributed by atoms with Gasteiger partial charge in [-0.3, -0.25) is 0 Å². The number of hydrogen-bond acceptors (Lipinski definition) is 6. The Morgan fingerprint density at radius 2 is 2.04 bits per heavy atom. The maximum absolute atomic E-state index is 6.05. The van der Waals surface area contributed by atoms with Gasteiger partial charge in [0.15, 0.2) is 11.4 Å². The molecule has 7 heteroatoms. The minimum Gasteiger partial charge on any atom is -0.423 e. The van der Waals surface area contributed by atoms with E-state index < -0.39 is 0 Å². The highest BCUT2D eigenvalue weighted by Crippen LogP contribution is 2.31. The highest BCUT2D eigenvalue weighted by atomic mass is 16.5. The van der Waals surface area contributed by atoms with Crippen molar-refractivity contribution in [3.63, 3.8) is 0 Å². The third-order valence-corrected chi connectivity index (χ3v) is 5.02. The average molecular weight is 375 g/mol. The first-order valence-corrected chi connectivity index (χ1v) is 9.41. The molecule has 0 N–H and O–H groups in total. The van der Waals surface area contributed by atoms with Gasteiger partial charge in [-0.1, -0.05) is 36.4 Å². The van der Waals surface area contributed by atoms with Gasteiger partial charge < -0.3 is 14.1 Å². The zero-order chi connectivity index (χ0) is 18.9. The molecule has 5 rings (SSSR count). The molecule has 0 saturated carbocycles.